The van der Waals surface area contributed by atoms with Crippen LogP contribution in [0.3, 0.4) is 0 Å². The first-order chi connectivity index (χ1) is 7.80. The first kappa shape index (κ1) is 10.6. The minimum absolute atomic E-state index is 0.318. The molecule has 2 N–H and O–H groups in total. The summed E-state index contributed by atoms with van der Waals surface area (Å²) in [6.07, 6.45) is 8.66. The summed E-state index contributed by atoms with van der Waals surface area (Å²) in [6, 6.07) is 0.675. The third-order valence-corrected chi connectivity index (χ3v) is 5.01. The molecule has 0 bridgehead atoms. The topological polar surface area (TPSA) is 41.1 Å². The van der Waals surface area contributed by atoms with Crippen LogP contribution in [0, 0.1) is 11.3 Å². The van der Waals surface area contributed by atoms with E-state index in [9.17, 15) is 4.79 Å². The van der Waals surface area contributed by atoms with E-state index in [0.29, 0.717) is 23.3 Å². The van der Waals surface area contributed by atoms with Gasteiger partial charge in [0.25, 0.3) is 0 Å². The molecule has 1 amide bonds. The van der Waals surface area contributed by atoms with Crippen molar-refractivity contribution >= 4 is 5.91 Å². The predicted octanol–water partition coefficient (Wildman–Crippen LogP) is 1.43. The highest BCUT2D eigenvalue weighted by molar-refractivity contribution is 5.79. The Labute approximate surface area is 97.4 Å². The molecule has 3 fully saturated rings. The zero-order valence-electron chi connectivity index (χ0n) is 9.93. The van der Waals surface area contributed by atoms with Crippen LogP contribution in [-0.2, 0) is 4.79 Å². The summed E-state index contributed by atoms with van der Waals surface area (Å²) in [5.74, 6) is 0.656. The van der Waals surface area contributed by atoms with Gasteiger partial charge in [0.1, 0.15) is 0 Å². The SMILES string of the molecule is O=C(NC[C@]12CCC[C@H]1NCC2)C1CCC1. The van der Waals surface area contributed by atoms with Crippen molar-refractivity contribution in [3.8, 4) is 0 Å². The van der Waals surface area contributed by atoms with Crippen molar-refractivity contribution in [2.24, 2.45) is 11.3 Å². The number of amides is 1. The van der Waals surface area contributed by atoms with Crippen LogP contribution in [0.25, 0.3) is 0 Å². The maximum atomic E-state index is 11.8. The number of fused-ring (bicyclic) bond motifs is 1. The van der Waals surface area contributed by atoms with Crippen molar-refractivity contribution in [3.05, 3.63) is 0 Å². The van der Waals surface area contributed by atoms with Crippen molar-refractivity contribution in [3.63, 3.8) is 0 Å². The number of rotatable bonds is 3. The quantitative estimate of drug-likeness (QED) is 0.758. The molecule has 0 unspecified atom stereocenters. The molecular formula is C13H22N2O. The van der Waals surface area contributed by atoms with Gasteiger partial charge >= 0.3 is 0 Å². The molecule has 3 rings (SSSR count). The second kappa shape index (κ2) is 4.02. The van der Waals surface area contributed by atoms with Crippen molar-refractivity contribution in [2.45, 2.75) is 51.0 Å². The van der Waals surface area contributed by atoms with Crippen LogP contribution < -0.4 is 10.6 Å². The Morgan fingerprint density at radius 2 is 2.12 bits per heavy atom. The highest BCUT2D eigenvalue weighted by Crippen LogP contribution is 2.44. The molecule has 16 heavy (non-hydrogen) atoms. The van der Waals surface area contributed by atoms with Gasteiger partial charge in [-0.05, 0) is 38.6 Å². The zero-order valence-corrected chi connectivity index (χ0v) is 9.93. The van der Waals surface area contributed by atoms with Crippen molar-refractivity contribution in [1.29, 1.82) is 0 Å². The summed E-state index contributed by atoms with van der Waals surface area (Å²) in [4.78, 5) is 11.8. The summed E-state index contributed by atoms with van der Waals surface area (Å²) < 4.78 is 0. The molecule has 2 saturated carbocycles. The van der Waals surface area contributed by atoms with Gasteiger partial charge in [-0.2, -0.15) is 0 Å². The van der Waals surface area contributed by atoms with E-state index in [4.69, 9.17) is 0 Å². The molecule has 90 valence electrons. The van der Waals surface area contributed by atoms with E-state index in [-0.39, 0.29) is 0 Å². The van der Waals surface area contributed by atoms with E-state index < -0.39 is 0 Å². The first-order valence-corrected chi connectivity index (χ1v) is 6.81. The maximum absolute atomic E-state index is 11.8. The van der Waals surface area contributed by atoms with Crippen LogP contribution in [-0.4, -0.2) is 25.0 Å². The monoisotopic (exact) mass is 222 g/mol. The molecule has 1 heterocycles. The van der Waals surface area contributed by atoms with Crippen LogP contribution in [0.1, 0.15) is 44.9 Å². The lowest BCUT2D eigenvalue weighted by atomic mass is 9.81. The molecule has 0 aromatic rings. The molecule has 2 aliphatic carbocycles. The number of hydrogen-bond acceptors (Lipinski definition) is 2. The van der Waals surface area contributed by atoms with Crippen LogP contribution in [0.2, 0.25) is 0 Å². The average molecular weight is 222 g/mol. The highest BCUT2D eigenvalue weighted by atomic mass is 16.1. The summed E-state index contributed by atoms with van der Waals surface area (Å²) in [5.41, 5.74) is 0.402. The summed E-state index contributed by atoms with van der Waals surface area (Å²) >= 11 is 0. The molecule has 1 aliphatic heterocycles. The van der Waals surface area contributed by atoms with E-state index in [1.54, 1.807) is 0 Å². The number of carbonyl (C=O) groups excluding carboxylic acids is 1. The third kappa shape index (κ3) is 1.65. The summed E-state index contributed by atoms with van der Waals surface area (Å²) in [5, 5.41) is 6.80. The minimum atomic E-state index is 0.318. The van der Waals surface area contributed by atoms with Crippen LogP contribution in [0.5, 0.6) is 0 Å². The van der Waals surface area contributed by atoms with Crippen molar-refractivity contribution in [1.82, 2.24) is 10.6 Å². The Kier molecular flexibility index (Phi) is 2.66. The van der Waals surface area contributed by atoms with Gasteiger partial charge < -0.3 is 10.6 Å². The Morgan fingerprint density at radius 1 is 1.25 bits per heavy atom. The fourth-order valence-corrected chi connectivity index (χ4v) is 3.63. The predicted molar refractivity (Wildman–Crippen MR) is 63.0 cm³/mol. The minimum Gasteiger partial charge on any atom is -0.355 e. The molecule has 0 spiro atoms. The molecule has 1 saturated heterocycles. The molecule has 0 aromatic carbocycles. The van der Waals surface area contributed by atoms with Gasteiger partial charge in [-0.1, -0.05) is 12.8 Å². The number of nitrogens with one attached hydrogen (secondary N) is 2. The maximum Gasteiger partial charge on any atom is 0.223 e. The Balaban J connectivity index is 1.55. The molecular weight excluding hydrogens is 200 g/mol. The van der Waals surface area contributed by atoms with Gasteiger partial charge in [0.2, 0.25) is 5.91 Å². The zero-order chi connectivity index (χ0) is 11.0. The third-order valence-electron chi connectivity index (χ3n) is 5.01. The average Bonchev–Trinajstić information content (AvgIpc) is 2.69. The fourth-order valence-electron chi connectivity index (χ4n) is 3.63. The van der Waals surface area contributed by atoms with E-state index in [1.807, 2.05) is 0 Å². The van der Waals surface area contributed by atoms with Crippen LogP contribution >= 0.6 is 0 Å². The van der Waals surface area contributed by atoms with Gasteiger partial charge in [0, 0.05) is 23.9 Å². The Bertz CT molecular complexity index is 276. The normalized spacial score (nSPS) is 38.1. The van der Waals surface area contributed by atoms with Gasteiger partial charge in [-0.15, -0.1) is 0 Å². The fraction of sp³-hybridized carbons (Fsp3) is 0.923. The van der Waals surface area contributed by atoms with E-state index >= 15 is 0 Å². The standard InChI is InChI=1S/C13H22N2O/c16-12(10-3-1-4-10)15-9-13-6-2-5-11(13)14-8-7-13/h10-11,14H,1-9H2,(H,15,16)/t11-,13-/m1/s1. The second-order valence-electron chi connectivity index (χ2n) is 5.86. The molecule has 3 nitrogen and oxygen atoms in total. The summed E-state index contributed by atoms with van der Waals surface area (Å²) in [7, 11) is 0. The summed E-state index contributed by atoms with van der Waals surface area (Å²) in [6.45, 7) is 2.06. The Morgan fingerprint density at radius 3 is 2.88 bits per heavy atom. The molecule has 3 aliphatic rings. The van der Waals surface area contributed by atoms with Crippen molar-refractivity contribution in [2.75, 3.05) is 13.1 Å². The lowest BCUT2D eigenvalue weighted by molar-refractivity contribution is -0.127. The second-order valence-corrected chi connectivity index (χ2v) is 5.86. The van der Waals surface area contributed by atoms with Crippen molar-refractivity contribution < 1.29 is 4.79 Å². The lowest BCUT2D eigenvalue weighted by Crippen LogP contribution is -2.44. The smallest absolute Gasteiger partial charge is 0.223 e. The molecule has 2 atom stereocenters. The van der Waals surface area contributed by atoms with Crippen LogP contribution in [0.15, 0.2) is 0 Å². The van der Waals surface area contributed by atoms with Gasteiger partial charge in [0.05, 0.1) is 0 Å². The van der Waals surface area contributed by atoms with E-state index in [0.717, 1.165) is 25.9 Å². The van der Waals surface area contributed by atoms with Gasteiger partial charge in [0.15, 0.2) is 0 Å². The Hall–Kier alpha value is -0.570. The largest absolute Gasteiger partial charge is 0.355 e. The van der Waals surface area contributed by atoms with E-state index in [1.165, 1.54) is 32.1 Å². The first-order valence-electron chi connectivity index (χ1n) is 6.81. The lowest BCUT2D eigenvalue weighted by Gasteiger charge is -2.31. The molecule has 3 heteroatoms. The highest BCUT2D eigenvalue weighted by Gasteiger charge is 2.46. The van der Waals surface area contributed by atoms with Gasteiger partial charge in [-0.3, -0.25) is 4.79 Å². The number of hydrogen-bond donors (Lipinski definition) is 2. The molecule has 0 aromatic heterocycles. The molecule has 0 radical (unpaired) electrons. The van der Waals surface area contributed by atoms with E-state index in [2.05, 4.69) is 10.6 Å². The van der Waals surface area contributed by atoms with Gasteiger partial charge in [-0.25, -0.2) is 0 Å². The van der Waals surface area contributed by atoms with Crippen LogP contribution in [0.4, 0.5) is 0 Å². The number of carbonyl (C=O) groups is 1.